The largest absolute Gasteiger partial charge is 0.324 e. The van der Waals surface area contributed by atoms with Gasteiger partial charge in [-0.05, 0) is 106 Å². The molecule has 4 aromatic carbocycles. The molecular formula is C36H31N3. The summed E-state index contributed by atoms with van der Waals surface area (Å²) in [5, 5.41) is 7.05. The van der Waals surface area contributed by atoms with Crippen LogP contribution in [0.3, 0.4) is 0 Å². The van der Waals surface area contributed by atoms with E-state index in [1.165, 1.54) is 67.6 Å². The van der Waals surface area contributed by atoms with E-state index in [0.29, 0.717) is 18.0 Å². The average Bonchev–Trinajstić information content (AvgIpc) is 3.68. The fourth-order valence-electron chi connectivity index (χ4n) is 8.20. The van der Waals surface area contributed by atoms with Gasteiger partial charge in [0.25, 0.3) is 0 Å². The van der Waals surface area contributed by atoms with E-state index in [0.717, 1.165) is 31.6 Å². The Balaban J connectivity index is 1.03. The summed E-state index contributed by atoms with van der Waals surface area (Å²) in [5.74, 6) is 0.577. The minimum Gasteiger partial charge on any atom is -0.324 e. The second-order valence-corrected chi connectivity index (χ2v) is 11.8. The van der Waals surface area contributed by atoms with Crippen LogP contribution in [0, 0.1) is 0 Å². The van der Waals surface area contributed by atoms with E-state index in [1.54, 1.807) is 0 Å². The highest BCUT2D eigenvalue weighted by Crippen LogP contribution is 2.45. The fraction of sp³-hybridized carbons (Fsp3) is 0.250. The Morgan fingerprint density at radius 3 is 1.92 bits per heavy atom. The zero-order chi connectivity index (χ0) is 25.5. The summed E-state index contributed by atoms with van der Waals surface area (Å²) in [5.41, 5.74) is 8.62. The maximum Gasteiger partial charge on any atom is 0.140 e. The predicted octanol–water partition coefficient (Wildman–Crippen LogP) is 7.97. The molecule has 2 unspecified atom stereocenters. The normalized spacial score (nSPS) is 21.0. The van der Waals surface area contributed by atoms with Gasteiger partial charge in [0, 0.05) is 23.8 Å². The first kappa shape index (κ1) is 21.9. The first-order valence-corrected chi connectivity index (χ1v) is 14.5. The Hall–Kier alpha value is -3.95. The third-order valence-corrected chi connectivity index (χ3v) is 9.96. The maximum absolute atomic E-state index is 4.94. The van der Waals surface area contributed by atoms with Gasteiger partial charge in [-0.25, -0.2) is 4.98 Å². The lowest BCUT2D eigenvalue weighted by atomic mass is 9.88. The van der Waals surface area contributed by atoms with Gasteiger partial charge in [0.2, 0.25) is 0 Å². The monoisotopic (exact) mass is 505 g/mol. The van der Waals surface area contributed by atoms with Crippen molar-refractivity contribution in [2.45, 2.75) is 43.7 Å². The molecule has 3 heterocycles. The average molecular weight is 506 g/mol. The van der Waals surface area contributed by atoms with Crippen molar-refractivity contribution in [3.63, 3.8) is 0 Å². The Morgan fingerprint density at radius 1 is 0.615 bits per heavy atom. The Bertz CT molecular complexity index is 1900. The molecule has 0 radical (unpaired) electrons. The molecule has 3 aliphatic rings. The van der Waals surface area contributed by atoms with Crippen molar-refractivity contribution in [3.05, 3.63) is 125 Å². The predicted molar refractivity (Wildman–Crippen MR) is 159 cm³/mol. The molecule has 0 spiro atoms. The second-order valence-electron chi connectivity index (χ2n) is 11.8. The Labute approximate surface area is 228 Å². The lowest BCUT2D eigenvalue weighted by Crippen LogP contribution is -2.36. The van der Waals surface area contributed by atoms with Crippen molar-refractivity contribution >= 4 is 32.6 Å². The van der Waals surface area contributed by atoms with Crippen molar-refractivity contribution in [1.82, 2.24) is 14.5 Å². The summed E-state index contributed by atoms with van der Waals surface area (Å²) in [4.78, 5) is 7.70. The summed E-state index contributed by atoms with van der Waals surface area (Å²) < 4.78 is 2.50. The number of pyridine rings is 1. The van der Waals surface area contributed by atoms with Gasteiger partial charge >= 0.3 is 0 Å². The molecule has 6 aromatic rings. The zero-order valence-electron chi connectivity index (χ0n) is 22.1. The van der Waals surface area contributed by atoms with Crippen LogP contribution in [0.1, 0.15) is 58.7 Å². The maximum atomic E-state index is 4.94. The van der Waals surface area contributed by atoms with Crippen molar-refractivity contribution in [1.29, 1.82) is 0 Å². The molecule has 3 nitrogen and oxygen atoms in total. The second kappa shape index (κ2) is 8.27. The third-order valence-electron chi connectivity index (χ3n) is 9.96. The molecule has 190 valence electrons. The summed E-state index contributed by atoms with van der Waals surface area (Å²) in [7, 11) is 0. The molecule has 39 heavy (non-hydrogen) atoms. The van der Waals surface area contributed by atoms with Crippen LogP contribution in [0.5, 0.6) is 0 Å². The molecule has 0 N–H and O–H groups in total. The lowest BCUT2D eigenvalue weighted by Gasteiger charge is -2.36. The lowest BCUT2D eigenvalue weighted by molar-refractivity contribution is 0.155. The van der Waals surface area contributed by atoms with E-state index in [1.807, 2.05) is 6.20 Å². The van der Waals surface area contributed by atoms with E-state index in [2.05, 4.69) is 101 Å². The molecule has 1 aliphatic heterocycles. The molecule has 0 saturated carbocycles. The number of likely N-dealkylation sites (tertiary alicyclic amines) is 1. The van der Waals surface area contributed by atoms with Crippen LogP contribution in [0.4, 0.5) is 0 Å². The van der Waals surface area contributed by atoms with Crippen LogP contribution in [-0.2, 0) is 12.8 Å². The molecule has 1 fully saturated rings. The number of benzene rings is 4. The van der Waals surface area contributed by atoms with Gasteiger partial charge < -0.3 is 4.57 Å². The van der Waals surface area contributed by atoms with Crippen LogP contribution in [-0.4, -0.2) is 27.5 Å². The molecule has 9 rings (SSSR count). The first-order chi connectivity index (χ1) is 19.3. The summed E-state index contributed by atoms with van der Waals surface area (Å²) in [6, 6.07) is 32.5. The van der Waals surface area contributed by atoms with E-state index in [4.69, 9.17) is 4.98 Å². The topological polar surface area (TPSA) is 21.1 Å². The van der Waals surface area contributed by atoms with Crippen molar-refractivity contribution in [2.75, 3.05) is 13.1 Å². The highest BCUT2D eigenvalue weighted by molar-refractivity contribution is 5.92. The smallest absolute Gasteiger partial charge is 0.140 e. The summed E-state index contributed by atoms with van der Waals surface area (Å²) in [6.07, 6.45) is 9.04. The van der Waals surface area contributed by atoms with Gasteiger partial charge in [-0.15, -0.1) is 0 Å². The highest BCUT2D eigenvalue weighted by Gasteiger charge is 2.34. The van der Waals surface area contributed by atoms with Gasteiger partial charge in [0.15, 0.2) is 0 Å². The molecular weight excluding hydrogens is 474 g/mol. The van der Waals surface area contributed by atoms with E-state index in [9.17, 15) is 0 Å². The molecule has 2 atom stereocenters. The van der Waals surface area contributed by atoms with Gasteiger partial charge in [0.05, 0.1) is 6.04 Å². The molecule has 0 amide bonds. The highest BCUT2D eigenvalue weighted by atomic mass is 15.2. The molecule has 2 aliphatic carbocycles. The standard InChI is InChI=1S/C36H31N3/c1-6-24-8-3-12-29-32(20-26(10-1)34(24)29)38-18-15-23(16-19-38)31-22-39(36-28(31)14-5-17-37-36)33-21-27-11-2-7-25-9-4-13-30(33)35(25)27/h1-14,17,22-23,32-33H,15-16,18-21H2. The molecule has 3 heteroatoms. The van der Waals surface area contributed by atoms with Crippen LogP contribution in [0.25, 0.3) is 32.6 Å². The third kappa shape index (κ3) is 3.17. The van der Waals surface area contributed by atoms with Crippen LogP contribution in [0.2, 0.25) is 0 Å². The van der Waals surface area contributed by atoms with Crippen LogP contribution < -0.4 is 0 Å². The van der Waals surface area contributed by atoms with Crippen molar-refractivity contribution in [2.24, 2.45) is 0 Å². The van der Waals surface area contributed by atoms with Crippen LogP contribution >= 0.6 is 0 Å². The van der Waals surface area contributed by atoms with Crippen LogP contribution in [0.15, 0.2) is 97.3 Å². The number of rotatable bonds is 3. The molecule has 1 saturated heterocycles. The van der Waals surface area contributed by atoms with Gasteiger partial charge in [-0.3, -0.25) is 4.90 Å². The summed E-state index contributed by atoms with van der Waals surface area (Å²) >= 11 is 0. The number of aromatic nitrogens is 2. The van der Waals surface area contributed by atoms with E-state index >= 15 is 0 Å². The van der Waals surface area contributed by atoms with E-state index < -0.39 is 0 Å². The number of piperidine rings is 1. The van der Waals surface area contributed by atoms with Crippen molar-refractivity contribution < 1.29 is 0 Å². The molecule has 2 aromatic heterocycles. The number of nitrogens with zero attached hydrogens (tertiary/aromatic N) is 3. The van der Waals surface area contributed by atoms with Crippen molar-refractivity contribution in [3.8, 4) is 0 Å². The Morgan fingerprint density at radius 2 is 1.23 bits per heavy atom. The SMILES string of the molecule is c1cc2c3c(cccc3c1)C(N1CCC(c3cn(C4Cc5cccc6cccc4c56)c4ncccc34)CC1)C2. The number of hydrogen-bond donors (Lipinski definition) is 0. The summed E-state index contributed by atoms with van der Waals surface area (Å²) in [6.45, 7) is 2.31. The quantitative estimate of drug-likeness (QED) is 0.243. The molecule has 0 bridgehead atoms. The van der Waals surface area contributed by atoms with Gasteiger partial charge in [-0.2, -0.15) is 0 Å². The first-order valence-electron chi connectivity index (χ1n) is 14.5. The minimum absolute atomic E-state index is 0.315. The zero-order valence-corrected chi connectivity index (χ0v) is 22.1. The minimum atomic E-state index is 0.315. The number of hydrogen-bond acceptors (Lipinski definition) is 2. The van der Waals surface area contributed by atoms with Gasteiger partial charge in [0.1, 0.15) is 5.65 Å². The Kier molecular flexibility index (Phi) is 4.65. The fourth-order valence-corrected chi connectivity index (χ4v) is 8.20. The van der Waals surface area contributed by atoms with Gasteiger partial charge in [-0.1, -0.05) is 72.8 Å². The van der Waals surface area contributed by atoms with E-state index in [-0.39, 0.29) is 0 Å². The number of fused-ring (bicyclic) bond motifs is 1.